The van der Waals surface area contributed by atoms with E-state index in [0.29, 0.717) is 11.5 Å². The molecule has 1 aliphatic carbocycles. The molecule has 23 heavy (non-hydrogen) atoms. The molecule has 0 amide bonds. The van der Waals surface area contributed by atoms with Crippen LogP contribution in [0.5, 0.6) is 0 Å². The molecule has 1 unspecified atom stereocenters. The van der Waals surface area contributed by atoms with Gasteiger partial charge in [0, 0.05) is 39.9 Å². The number of hydrogen-bond acceptors (Lipinski definition) is 3. The average Bonchev–Trinajstić information content (AvgIpc) is 2.56. The molecule has 5 nitrogen and oxygen atoms in total. The zero-order valence-electron chi connectivity index (χ0n) is 15.4. The normalized spacial score (nSPS) is 25.0. The lowest BCUT2D eigenvalue weighted by Crippen LogP contribution is -2.51. The molecule has 0 spiro atoms. The number of ether oxygens (including phenoxy) is 1. The van der Waals surface area contributed by atoms with E-state index in [2.05, 4.69) is 27.4 Å². The highest BCUT2D eigenvalue weighted by Gasteiger charge is 2.36. The Balaban J connectivity index is 1.74. The molecule has 1 saturated carbocycles. The molecule has 2 fully saturated rings. The van der Waals surface area contributed by atoms with Crippen LogP contribution in [0.15, 0.2) is 4.99 Å². The van der Waals surface area contributed by atoms with E-state index in [1.165, 1.54) is 45.1 Å². The summed E-state index contributed by atoms with van der Waals surface area (Å²) in [6.07, 6.45) is 9.13. The monoisotopic (exact) mass is 324 g/mol. The van der Waals surface area contributed by atoms with Crippen LogP contribution in [0.25, 0.3) is 0 Å². The fourth-order valence-corrected chi connectivity index (χ4v) is 3.92. The van der Waals surface area contributed by atoms with Gasteiger partial charge in [-0.25, -0.2) is 0 Å². The number of nitrogens with zero attached hydrogens (tertiary/aromatic N) is 2. The molecule has 0 aromatic carbocycles. The molecule has 0 radical (unpaired) electrons. The van der Waals surface area contributed by atoms with Gasteiger partial charge in [0.15, 0.2) is 5.96 Å². The molecule has 2 rings (SSSR count). The van der Waals surface area contributed by atoms with Gasteiger partial charge in [-0.2, -0.15) is 0 Å². The van der Waals surface area contributed by atoms with Crippen molar-refractivity contribution in [2.45, 2.75) is 57.9 Å². The van der Waals surface area contributed by atoms with Crippen molar-refractivity contribution in [3.63, 3.8) is 0 Å². The summed E-state index contributed by atoms with van der Waals surface area (Å²) in [6, 6.07) is 0.651. The van der Waals surface area contributed by atoms with Gasteiger partial charge in [-0.05, 0) is 50.6 Å². The molecule has 0 bridgehead atoms. The van der Waals surface area contributed by atoms with Crippen LogP contribution < -0.4 is 10.6 Å². The number of nitrogens with one attached hydrogen (secondary N) is 2. The maximum absolute atomic E-state index is 5.28. The Labute approximate surface area is 142 Å². The lowest BCUT2D eigenvalue weighted by Gasteiger charge is -2.42. The lowest BCUT2D eigenvalue weighted by atomic mass is 9.67. The molecule has 1 saturated heterocycles. The Kier molecular flexibility index (Phi) is 7.63. The van der Waals surface area contributed by atoms with E-state index in [4.69, 9.17) is 4.74 Å². The number of aliphatic imine (C=N–C) groups is 1. The van der Waals surface area contributed by atoms with Gasteiger partial charge in [0.2, 0.25) is 0 Å². The Morgan fingerprint density at radius 3 is 2.70 bits per heavy atom. The topological polar surface area (TPSA) is 48.9 Å². The van der Waals surface area contributed by atoms with Crippen molar-refractivity contribution in [2.75, 3.05) is 46.9 Å². The largest absolute Gasteiger partial charge is 0.385 e. The van der Waals surface area contributed by atoms with Gasteiger partial charge in [-0.1, -0.05) is 19.8 Å². The fraction of sp³-hybridized carbons (Fsp3) is 0.944. The number of guanidine groups is 1. The maximum atomic E-state index is 5.28. The second-order valence-corrected chi connectivity index (χ2v) is 7.18. The van der Waals surface area contributed by atoms with Crippen LogP contribution in [0.1, 0.15) is 51.9 Å². The quantitative estimate of drug-likeness (QED) is 0.531. The van der Waals surface area contributed by atoms with E-state index in [1.54, 1.807) is 7.11 Å². The Morgan fingerprint density at radius 1 is 1.26 bits per heavy atom. The number of likely N-dealkylation sites (N-methyl/N-ethyl adjacent to an activating group) is 1. The summed E-state index contributed by atoms with van der Waals surface area (Å²) in [5.74, 6) is 0.954. The van der Waals surface area contributed by atoms with Crippen LogP contribution in [-0.2, 0) is 4.74 Å². The standard InChI is InChI=1S/C18H36N4O/c1-4-22-12-6-5-8-16(22)14-20-17(19-2)21-15-18(9-7-10-18)11-13-23-3/h16H,4-15H2,1-3H3,(H2,19,20,21). The molecule has 5 heteroatoms. The first-order chi connectivity index (χ1) is 11.2. The van der Waals surface area contributed by atoms with Crippen LogP contribution >= 0.6 is 0 Å². The van der Waals surface area contributed by atoms with E-state index in [9.17, 15) is 0 Å². The molecule has 0 aromatic rings. The van der Waals surface area contributed by atoms with Gasteiger partial charge in [0.25, 0.3) is 0 Å². The first-order valence-corrected chi connectivity index (χ1v) is 9.40. The summed E-state index contributed by atoms with van der Waals surface area (Å²) in [6.45, 7) is 7.53. The molecular formula is C18H36N4O. The third-order valence-electron chi connectivity index (χ3n) is 5.77. The summed E-state index contributed by atoms with van der Waals surface area (Å²) in [5.41, 5.74) is 0.425. The van der Waals surface area contributed by atoms with Gasteiger partial charge >= 0.3 is 0 Å². The zero-order valence-corrected chi connectivity index (χ0v) is 15.4. The second kappa shape index (κ2) is 9.48. The first kappa shape index (κ1) is 18.5. The van der Waals surface area contributed by atoms with Crippen LogP contribution in [0, 0.1) is 5.41 Å². The molecular weight excluding hydrogens is 288 g/mol. The third kappa shape index (κ3) is 5.35. The fourth-order valence-electron chi connectivity index (χ4n) is 3.92. The summed E-state index contributed by atoms with van der Waals surface area (Å²) >= 11 is 0. The Bertz CT molecular complexity index is 368. The van der Waals surface area contributed by atoms with Crippen molar-refractivity contribution in [2.24, 2.45) is 10.4 Å². The zero-order chi connectivity index (χ0) is 16.5. The van der Waals surface area contributed by atoms with E-state index in [1.807, 2.05) is 7.05 Å². The van der Waals surface area contributed by atoms with E-state index < -0.39 is 0 Å². The second-order valence-electron chi connectivity index (χ2n) is 7.18. The molecule has 0 aromatic heterocycles. The Hall–Kier alpha value is -0.810. The molecule has 1 heterocycles. The van der Waals surface area contributed by atoms with Crippen molar-refractivity contribution in [1.82, 2.24) is 15.5 Å². The minimum absolute atomic E-state index is 0.425. The van der Waals surface area contributed by atoms with Crippen LogP contribution in [-0.4, -0.2) is 63.8 Å². The first-order valence-electron chi connectivity index (χ1n) is 9.40. The number of hydrogen-bond donors (Lipinski definition) is 2. The highest BCUT2D eigenvalue weighted by atomic mass is 16.5. The number of methoxy groups -OCH3 is 1. The summed E-state index contributed by atoms with van der Waals surface area (Å²) in [5, 5.41) is 7.10. The highest BCUT2D eigenvalue weighted by molar-refractivity contribution is 5.79. The van der Waals surface area contributed by atoms with Crippen LogP contribution in [0.2, 0.25) is 0 Å². The van der Waals surface area contributed by atoms with Crippen molar-refractivity contribution >= 4 is 5.96 Å². The van der Waals surface area contributed by atoms with E-state index in [0.717, 1.165) is 38.6 Å². The number of likely N-dealkylation sites (tertiary alicyclic amines) is 1. The molecule has 1 atom stereocenters. The lowest BCUT2D eigenvalue weighted by molar-refractivity contribution is 0.0732. The van der Waals surface area contributed by atoms with Crippen molar-refractivity contribution < 1.29 is 4.74 Å². The Morgan fingerprint density at radius 2 is 2.09 bits per heavy atom. The minimum atomic E-state index is 0.425. The predicted molar refractivity (Wildman–Crippen MR) is 97.0 cm³/mol. The van der Waals surface area contributed by atoms with Gasteiger partial charge in [0.05, 0.1) is 0 Å². The molecule has 2 aliphatic rings. The number of piperidine rings is 1. The maximum Gasteiger partial charge on any atom is 0.191 e. The van der Waals surface area contributed by atoms with Gasteiger partial charge in [-0.15, -0.1) is 0 Å². The van der Waals surface area contributed by atoms with E-state index >= 15 is 0 Å². The van der Waals surface area contributed by atoms with Crippen LogP contribution in [0.3, 0.4) is 0 Å². The van der Waals surface area contributed by atoms with Crippen molar-refractivity contribution in [3.05, 3.63) is 0 Å². The SMILES string of the molecule is CCN1CCCCC1CNC(=NC)NCC1(CCOC)CCC1. The highest BCUT2D eigenvalue weighted by Crippen LogP contribution is 2.43. The molecule has 2 N–H and O–H groups in total. The molecule has 1 aliphatic heterocycles. The predicted octanol–water partition coefficient (Wildman–Crippen LogP) is 2.23. The van der Waals surface area contributed by atoms with Crippen LogP contribution in [0.4, 0.5) is 0 Å². The van der Waals surface area contributed by atoms with Crippen molar-refractivity contribution in [1.29, 1.82) is 0 Å². The average molecular weight is 325 g/mol. The van der Waals surface area contributed by atoms with E-state index in [-0.39, 0.29) is 0 Å². The summed E-state index contributed by atoms with van der Waals surface area (Å²) < 4.78 is 5.28. The smallest absolute Gasteiger partial charge is 0.191 e. The summed E-state index contributed by atoms with van der Waals surface area (Å²) in [4.78, 5) is 7.00. The minimum Gasteiger partial charge on any atom is -0.385 e. The molecule has 134 valence electrons. The summed E-state index contributed by atoms with van der Waals surface area (Å²) in [7, 11) is 3.67. The van der Waals surface area contributed by atoms with Gasteiger partial charge in [0.1, 0.15) is 0 Å². The third-order valence-corrected chi connectivity index (χ3v) is 5.77. The van der Waals surface area contributed by atoms with Gasteiger partial charge < -0.3 is 15.4 Å². The number of rotatable bonds is 8. The van der Waals surface area contributed by atoms with Gasteiger partial charge in [-0.3, -0.25) is 9.89 Å². The van der Waals surface area contributed by atoms with Crippen molar-refractivity contribution in [3.8, 4) is 0 Å².